The van der Waals surface area contributed by atoms with Crippen molar-refractivity contribution in [1.29, 1.82) is 0 Å². The average molecular weight is 712 g/mol. The van der Waals surface area contributed by atoms with E-state index in [0.717, 1.165) is 25.7 Å². The molecule has 4 aliphatic rings. The smallest absolute Gasteiger partial charge is 0.328 e. The van der Waals surface area contributed by atoms with E-state index in [2.05, 4.69) is 0 Å². The van der Waals surface area contributed by atoms with E-state index in [9.17, 15) is 38.4 Å². The number of hydrogen-bond donors (Lipinski definition) is 3. The fourth-order valence-electron chi connectivity index (χ4n) is 6.38. The summed E-state index contributed by atoms with van der Waals surface area (Å²) in [4.78, 5) is 94.7. The lowest BCUT2D eigenvalue weighted by atomic mass is 10.2. The Morgan fingerprint density at radius 1 is 0.560 bits per heavy atom. The number of esters is 1. The fraction of sp³-hybridized carbons (Fsp3) is 0.765. The van der Waals surface area contributed by atoms with Gasteiger partial charge in [0.15, 0.2) is 0 Å². The van der Waals surface area contributed by atoms with Crippen LogP contribution in [0.3, 0.4) is 0 Å². The van der Waals surface area contributed by atoms with E-state index >= 15 is 0 Å². The summed E-state index contributed by atoms with van der Waals surface area (Å²) in [6, 6.07) is -1.98. The highest BCUT2D eigenvalue weighted by atomic mass is 16.5. The van der Waals surface area contributed by atoms with Gasteiger partial charge in [0.25, 0.3) is 0 Å². The number of ether oxygens (including phenoxy) is 1. The molecule has 16 heteroatoms. The maximum Gasteiger partial charge on any atom is 0.328 e. The van der Waals surface area contributed by atoms with Crippen LogP contribution in [0.1, 0.15) is 112 Å². The first-order valence-electron chi connectivity index (χ1n) is 17.8. The second kappa shape index (κ2) is 22.5. The Kier molecular flexibility index (Phi) is 19.7. The zero-order chi connectivity index (χ0) is 38.0. The molecule has 0 aromatic carbocycles. The third-order valence-corrected chi connectivity index (χ3v) is 8.95. The number of rotatable bonds is 13. The van der Waals surface area contributed by atoms with E-state index in [1.165, 1.54) is 9.80 Å². The van der Waals surface area contributed by atoms with Crippen LogP contribution in [0.2, 0.25) is 0 Å². The summed E-state index contributed by atoms with van der Waals surface area (Å²) >= 11 is 0. The standard InChI is InChI=1S/C10H17NO3.C8H14N2O2.2C8H13NO3/c1-3-8(10(13)14-4-2)11-7-5-6-9(11)12;1-2-6(8(9)12)10-5-3-4-7(10)11;2*1-2-6(8(11)12)9-5-3-4-7(9)10/h8H,3-7H2,1-2H3;6H,2-5H2,1H3,(H2,9,12);2*6H,2-5H2,1H3,(H,11,12)/t;2*6-;/m.00./s1. The topological polar surface area (TPSA) is 225 Å². The lowest BCUT2D eigenvalue weighted by Gasteiger charge is -2.24. The van der Waals surface area contributed by atoms with Crippen molar-refractivity contribution in [3.63, 3.8) is 0 Å². The van der Waals surface area contributed by atoms with E-state index in [0.29, 0.717) is 84.2 Å². The van der Waals surface area contributed by atoms with Gasteiger partial charge in [0.05, 0.1) is 6.61 Å². The van der Waals surface area contributed by atoms with Crippen molar-refractivity contribution in [1.82, 2.24) is 19.6 Å². The summed E-state index contributed by atoms with van der Waals surface area (Å²) in [5, 5.41) is 17.5. The maximum atomic E-state index is 11.5. The molecule has 0 spiro atoms. The van der Waals surface area contributed by atoms with Crippen molar-refractivity contribution in [2.75, 3.05) is 32.8 Å². The highest BCUT2D eigenvalue weighted by molar-refractivity contribution is 5.88. The van der Waals surface area contributed by atoms with Gasteiger partial charge in [-0.05, 0) is 58.3 Å². The molecule has 0 aromatic heterocycles. The summed E-state index contributed by atoms with van der Waals surface area (Å²) in [5.41, 5.74) is 5.16. The predicted molar refractivity (Wildman–Crippen MR) is 181 cm³/mol. The van der Waals surface area contributed by atoms with Crippen LogP contribution in [0, 0.1) is 0 Å². The van der Waals surface area contributed by atoms with Crippen molar-refractivity contribution >= 4 is 47.4 Å². The van der Waals surface area contributed by atoms with Crippen LogP contribution < -0.4 is 5.73 Å². The summed E-state index contributed by atoms with van der Waals surface area (Å²) in [5.74, 6) is -2.38. The Bertz CT molecular complexity index is 1090. The summed E-state index contributed by atoms with van der Waals surface area (Å²) in [7, 11) is 0. The first kappa shape index (κ1) is 43.8. The minimum absolute atomic E-state index is 0.0238. The van der Waals surface area contributed by atoms with Crippen LogP contribution in [0.5, 0.6) is 0 Å². The molecule has 2 unspecified atom stereocenters. The maximum absolute atomic E-state index is 11.5. The van der Waals surface area contributed by atoms with E-state index < -0.39 is 29.9 Å². The number of carboxylic acid groups (broad SMARTS) is 2. The Morgan fingerprint density at radius 3 is 1.04 bits per heavy atom. The Labute approximate surface area is 294 Å². The van der Waals surface area contributed by atoms with E-state index in [-0.39, 0.29) is 41.7 Å². The van der Waals surface area contributed by atoms with Gasteiger partial charge in [-0.15, -0.1) is 0 Å². The van der Waals surface area contributed by atoms with Crippen molar-refractivity contribution in [3.05, 3.63) is 0 Å². The quantitative estimate of drug-likeness (QED) is 0.233. The number of likely N-dealkylation sites (tertiary alicyclic amines) is 4. The number of carbonyl (C=O) groups excluding carboxylic acids is 6. The number of aliphatic carboxylic acids is 2. The molecular weight excluding hydrogens is 654 g/mol. The highest BCUT2D eigenvalue weighted by Gasteiger charge is 2.34. The molecule has 4 aliphatic heterocycles. The van der Waals surface area contributed by atoms with Crippen molar-refractivity contribution < 1.29 is 53.3 Å². The second-order valence-corrected chi connectivity index (χ2v) is 12.3. The molecule has 4 rings (SSSR count). The third kappa shape index (κ3) is 12.9. The Morgan fingerprint density at radius 2 is 0.840 bits per heavy atom. The normalized spacial score (nSPS) is 19.4. The average Bonchev–Trinajstić information content (AvgIpc) is 3.87. The molecule has 4 heterocycles. The van der Waals surface area contributed by atoms with Gasteiger partial charge in [-0.3, -0.25) is 24.0 Å². The molecule has 4 fully saturated rings. The number of nitrogens with zero attached hydrogens (tertiary/aromatic N) is 4. The Balaban J connectivity index is 0.000000334. The lowest BCUT2D eigenvalue weighted by Crippen LogP contribution is -2.44. The van der Waals surface area contributed by atoms with Gasteiger partial charge in [0, 0.05) is 51.9 Å². The van der Waals surface area contributed by atoms with Gasteiger partial charge in [-0.1, -0.05) is 27.7 Å². The monoisotopic (exact) mass is 711 g/mol. The van der Waals surface area contributed by atoms with E-state index in [4.69, 9.17) is 20.7 Å². The van der Waals surface area contributed by atoms with Gasteiger partial charge in [-0.25, -0.2) is 14.4 Å². The van der Waals surface area contributed by atoms with Gasteiger partial charge in [-0.2, -0.15) is 0 Å². The first-order valence-corrected chi connectivity index (χ1v) is 17.8. The van der Waals surface area contributed by atoms with Crippen LogP contribution >= 0.6 is 0 Å². The number of hydrogen-bond acceptors (Lipinski definition) is 9. The van der Waals surface area contributed by atoms with Gasteiger partial charge < -0.3 is 40.3 Å². The molecule has 0 radical (unpaired) electrons. The van der Waals surface area contributed by atoms with Crippen LogP contribution in [0.15, 0.2) is 0 Å². The molecular formula is C34H57N5O11. The SMILES string of the molecule is CCC(C(=O)O)N1CCCC1=O.CCOC(=O)C(CC)N1CCCC1=O.CC[C@@H](C(=O)O)N1CCCC1=O.CC[C@@H](C(N)=O)N1CCCC1=O. The molecule has 4 N–H and O–H groups in total. The van der Waals surface area contributed by atoms with Crippen LogP contribution in [-0.2, 0) is 43.1 Å². The van der Waals surface area contributed by atoms with Gasteiger partial charge >= 0.3 is 17.9 Å². The number of nitrogens with two attached hydrogens (primary N) is 1. The van der Waals surface area contributed by atoms with Gasteiger partial charge in [0.2, 0.25) is 29.5 Å². The first-order chi connectivity index (χ1) is 23.7. The van der Waals surface area contributed by atoms with Crippen molar-refractivity contribution in [2.24, 2.45) is 5.73 Å². The highest BCUT2D eigenvalue weighted by Crippen LogP contribution is 2.18. The van der Waals surface area contributed by atoms with Crippen LogP contribution in [0.4, 0.5) is 0 Å². The van der Waals surface area contributed by atoms with E-state index in [1.807, 2.05) is 13.8 Å². The minimum atomic E-state index is -0.896. The molecule has 0 saturated carbocycles. The molecule has 5 amide bonds. The molecule has 284 valence electrons. The van der Waals surface area contributed by atoms with Gasteiger partial charge in [0.1, 0.15) is 24.2 Å². The molecule has 4 atom stereocenters. The molecule has 4 saturated heterocycles. The molecule has 50 heavy (non-hydrogen) atoms. The number of carbonyl (C=O) groups is 8. The summed E-state index contributed by atoms with van der Waals surface area (Å²) in [6.07, 6.45) is 7.64. The largest absolute Gasteiger partial charge is 0.480 e. The molecule has 16 nitrogen and oxygen atoms in total. The minimum Gasteiger partial charge on any atom is -0.480 e. The number of carboxylic acids is 2. The summed E-state index contributed by atoms with van der Waals surface area (Å²) in [6.45, 7) is 12.0. The van der Waals surface area contributed by atoms with Crippen LogP contribution in [0.25, 0.3) is 0 Å². The zero-order valence-electron chi connectivity index (χ0n) is 30.3. The molecule has 0 aromatic rings. The zero-order valence-corrected chi connectivity index (χ0v) is 30.3. The third-order valence-electron chi connectivity index (χ3n) is 8.95. The predicted octanol–water partition coefficient (Wildman–Crippen LogP) is 1.77. The Hall–Kier alpha value is -4.24. The fourth-order valence-corrected chi connectivity index (χ4v) is 6.38. The van der Waals surface area contributed by atoms with Crippen molar-refractivity contribution in [3.8, 4) is 0 Å². The molecule has 0 bridgehead atoms. The lowest BCUT2D eigenvalue weighted by molar-refractivity contribution is -0.153. The second-order valence-electron chi connectivity index (χ2n) is 12.3. The van der Waals surface area contributed by atoms with Crippen LogP contribution in [-0.4, -0.2) is 134 Å². The number of amides is 5. The van der Waals surface area contributed by atoms with Crippen molar-refractivity contribution in [2.45, 2.75) is 136 Å². The van der Waals surface area contributed by atoms with E-state index in [1.54, 1.807) is 30.6 Å². The summed E-state index contributed by atoms with van der Waals surface area (Å²) < 4.78 is 4.92. The number of primary amides is 1. The molecule has 0 aliphatic carbocycles.